The predicted octanol–water partition coefficient (Wildman–Crippen LogP) is 1.22. The van der Waals surface area contributed by atoms with Gasteiger partial charge >= 0.3 is 7.12 Å². The van der Waals surface area contributed by atoms with Crippen LogP contribution in [0.4, 0.5) is 0 Å². The monoisotopic (exact) mass is 333 g/mol. The molecule has 0 saturated heterocycles. The zero-order chi connectivity index (χ0) is 17.4. The first kappa shape index (κ1) is 15.7. The van der Waals surface area contributed by atoms with Crippen molar-refractivity contribution < 1.29 is 14.5 Å². The average molecular weight is 333 g/mol. The number of aromatic nitrogens is 3. The molecule has 0 unspecified atom stereocenters. The van der Waals surface area contributed by atoms with E-state index >= 15 is 0 Å². The highest BCUT2D eigenvalue weighted by atomic mass is 16.5. The highest BCUT2D eigenvalue weighted by Gasteiger charge is 2.27. The number of rotatable bonds is 4. The summed E-state index contributed by atoms with van der Waals surface area (Å²) in [5.74, 6) is -0.104. The van der Waals surface area contributed by atoms with Crippen LogP contribution in [0.3, 0.4) is 0 Å². The summed E-state index contributed by atoms with van der Waals surface area (Å²) in [5.41, 5.74) is 4.27. The lowest BCUT2D eigenvalue weighted by molar-refractivity contribution is 0.0987. The number of nitrogens with zero attached hydrogens (tertiary/aromatic N) is 3. The Kier molecular flexibility index (Phi) is 3.95. The summed E-state index contributed by atoms with van der Waals surface area (Å²) >= 11 is 0. The molecule has 0 bridgehead atoms. The van der Waals surface area contributed by atoms with Crippen molar-refractivity contribution in [2.45, 2.75) is 20.0 Å². The lowest BCUT2D eigenvalue weighted by atomic mass is 9.78. The summed E-state index contributed by atoms with van der Waals surface area (Å²) in [7, 11) is -0.911. The number of para-hydroxylation sites is 1. The van der Waals surface area contributed by atoms with Gasteiger partial charge in [-0.2, -0.15) is 9.90 Å². The molecule has 1 aliphatic heterocycles. The van der Waals surface area contributed by atoms with Gasteiger partial charge in [-0.25, -0.2) is 0 Å². The lowest BCUT2D eigenvalue weighted by Crippen LogP contribution is -2.28. The fourth-order valence-electron chi connectivity index (χ4n) is 2.96. The molecule has 4 rings (SSSR count). The molecule has 3 aromatic rings. The van der Waals surface area contributed by atoms with E-state index in [1.165, 1.54) is 4.80 Å². The maximum Gasteiger partial charge on any atom is 0.491 e. The normalized spacial score (nSPS) is 13.1. The molecular formula is C18H16BN3O3. The molecule has 0 saturated carbocycles. The van der Waals surface area contributed by atoms with Crippen molar-refractivity contribution in [3.63, 3.8) is 0 Å². The van der Waals surface area contributed by atoms with Crippen molar-refractivity contribution in [1.29, 1.82) is 0 Å². The Morgan fingerprint density at radius 1 is 1.24 bits per heavy atom. The number of hydrogen-bond acceptors (Lipinski definition) is 5. The minimum atomic E-state index is -0.911. The average Bonchev–Trinajstić information content (AvgIpc) is 3.19. The van der Waals surface area contributed by atoms with Crippen molar-refractivity contribution in [2.75, 3.05) is 0 Å². The third-order valence-electron chi connectivity index (χ3n) is 4.27. The number of hydrogen-bond donors (Lipinski definition) is 1. The summed E-state index contributed by atoms with van der Waals surface area (Å²) in [5, 5.41) is 18.5. The molecule has 0 amide bonds. The first-order valence-electron chi connectivity index (χ1n) is 8.06. The molecule has 0 radical (unpaired) electrons. The van der Waals surface area contributed by atoms with Crippen molar-refractivity contribution >= 4 is 18.4 Å². The van der Waals surface area contributed by atoms with Crippen molar-refractivity contribution in [2.24, 2.45) is 0 Å². The van der Waals surface area contributed by atoms with Crippen LogP contribution < -0.4 is 5.46 Å². The molecule has 124 valence electrons. The Hall–Kier alpha value is -2.77. The highest BCUT2D eigenvalue weighted by molar-refractivity contribution is 6.61. The maximum atomic E-state index is 12.7. The standard InChI is InChI=1S/C18H16BN3O3/c1-12-18(21-22(20-12)15-5-3-2-4-6-15)17(23)10-13-7-8-14-11-25-19(24)16(14)9-13/h2-9,24H,10-11H2,1H3. The van der Waals surface area contributed by atoms with Crippen LogP contribution in [-0.2, 0) is 17.7 Å². The lowest BCUT2D eigenvalue weighted by Gasteiger charge is -2.03. The SMILES string of the molecule is Cc1nn(-c2ccccc2)nc1C(=O)Cc1ccc2c(c1)B(O)OC2. The van der Waals surface area contributed by atoms with Crippen LogP contribution >= 0.6 is 0 Å². The molecule has 0 aliphatic carbocycles. The predicted molar refractivity (Wildman–Crippen MR) is 93.0 cm³/mol. The van der Waals surface area contributed by atoms with Gasteiger partial charge < -0.3 is 9.68 Å². The summed E-state index contributed by atoms with van der Waals surface area (Å²) in [6, 6.07) is 15.1. The van der Waals surface area contributed by atoms with E-state index in [4.69, 9.17) is 4.65 Å². The molecule has 7 heteroatoms. The zero-order valence-electron chi connectivity index (χ0n) is 13.7. The van der Waals surface area contributed by atoms with Gasteiger partial charge in [-0.1, -0.05) is 36.4 Å². The van der Waals surface area contributed by atoms with Crippen LogP contribution in [0.5, 0.6) is 0 Å². The molecule has 1 aromatic heterocycles. The van der Waals surface area contributed by atoms with Gasteiger partial charge in [-0.15, -0.1) is 5.10 Å². The quantitative estimate of drug-likeness (QED) is 0.574. The summed E-state index contributed by atoms with van der Waals surface area (Å²) < 4.78 is 5.18. The van der Waals surface area contributed by atoms with Gasteiger partial charge in [0.15, 0.2) is 11.5 Å². The van der Waals surface area contributed by atoms with Gasteiger partial charge in [-0.05, 0) is 35.6 Å². The third-order valence-corrected chi connectivity index (χ3v) is 4.27. The van der Waals surface area contributed by atoms with Crippen LogP contribution in [-0.4, -0.2) is 32.9 Å². The van der Waals surface area contributed by atoms with E-state index < -0.39 is 7.12 Å². The number of fused-ring (bicyclic) bond motifs is 1. The second kappa shape index (κ2) is 6.27. The summed E-state index contributed by atoms with van der Waals surface area (Å²) in [6.45, 7) is 2.18. The molecule has 6 nitrogen and oxygen atoms in total. The zero-order valence-corrected chi connectivity index (χ0v) is 13.7. The largest absolute Gasteiger partial charge is 0.491 e. The van der Waals surface area contributed by atoms with E-state index in [0.717, 1.165) is 22.3 Å². The molecule has 2 aromatic carbocycles. The van der Waals surface area contributed by atoms with E-state index in [-0.39, 0.29) is 12.2 Å². The molecule has 1 aliphatic rings. The van der Waals surface area contributed by atoms with Gasteiger partial charge in [-0.3, -0.25) is 4.79 Å². The van der Waals surface area contributed by atoms with Gasteiger partial charge in [0.1, 0.15) is 0 Å². The van der Waals surface area contributed by atoms with Gasteiger partial charge in [0.25, 0.3) is 0 Å². The van der Waals surface area contributed by atoms with E-state index in [1.807, 2.05) is 48.5 Å². The summed E-state index contributed by atoms with van der Waals surface area (Å²) in [4.78, 5) is 14.1. The first-order chi connectivity index (χ1) is 12.1. The van der Waals surface area contributed by atoms with Gasteiger partial charge in [0, 0.05) is 6.42 Å². The Morgan fingerprint density at radius 2 is 2.04 bits per heavy atom. The second-order valence-corrected chi connectivity index (χ2v) is 6.06. The summed E-state index contributed by atoms with van der Waals surface area (Å²) in [6.07, 6.45) is 0.203. The van der Waals surface area contributed by atoms with E-state index in [0.29, 0.717) is 18.0 Å². The van der Waals surface area contributed by atoms with E-state index in [1.54, 1.807) is 6.92 Å². The number of Topliss-reactive ketones (excluding diaryl/α,β-unsaturated/α-hetero) is 1. The van der Waals surface area contributed by atoms with Crippen LogP contribution in [0.2, 0.25) is 0 Å². The number of carbonyl (C=O) groups excluding carboxylic acids is 1. The number of benzene rings is 2. The fraction of sp³-hybridized carbons (Fsp3) is 0.167. The molecule has 0 atom stereocenters. The number of carbonyl (C=O) groups is 1. The van der Waals surface area contributed by atoms with Crippen molar-refractivity contribution in [3.05, 3.63) is 71.0 Å². The number of aryl methyl sites for hydroxylation is 1. The Bertz CT molecular complexity index is 940. The maximum absolute atomic E-state index is 12.7. The molecule has 0 spiro atoms. The van der Waals surface area contributed by atoms with Crippen LogP contribution in [0, 0.1) is 6.92 Å². The minimum absolute atomic E-state index is 0.104. The second-order valence-electron chi connectivity index (χ2n) is 6.06. The minimum Gasteiger partial charge on any atom is -0.423 e. The van der Waals surface area contributed by atoms with E-state index in [2.05, 4.69) is 10.2 Å². The first-order valence-corrected chi connectivity index (χ1v) is 8.06. The molecule has 1 N–H and O–H groups in total. The van der Waals surface area contributed by atoms with E-state index in [9.17, 15) is 9.82 Å². The smallest absolute Gasteiger partial charge is 0.423 e. The van der Waals surface area contributed by atoms with Gasteiger partial charge in [0.2, 0.25) is 0 Å². The van der Waals surface area contributed by atoms with Crippen LogP contribution in [0.1, 0.15) is 27.3 Å². The van der Waals surface area contributed by atoms with Crippen LogP contribution in [0.25, 0.3) is 5.69 Å². The van der Waals surface area contributed by atoms with Crippen molar-refractivity contribution in [1.82, 2.24) is 15.0 Å². The van der Waals surface area contributed by atoms with Crippen molar-refractivity contribution in [3.8, 4) is 5.69 Å². The molecular weight excluding hydrogens is 317 g/mol. The third kappa shape index (κ3) is 2.99. The fourth-order valence-corrected chi connectivity index (χ4v) is 2.96. The molecule has 2 heterocycles. The Labute approximate surface area is 145 Å². The van der Waals surface area contributed by atoms with Crippen LogP contribution in [0.15, 0.2) is 48.5 Å². The Morgan fingerprint density at radius 3 is 2.84 bits per heavy atom. The number of ketones is 1. The molecule has 25 heavy (non-hydrogen) atoms. The highest BCUT2D eigenvalue weighted by Crippen LogP contribution is 2.14. The van der Waals surface area contributed by atoms with Gasteiger partial charge in [0.05, 0.1) is 18.0 Å². The molecule has 0 fully saturated rings. The Balaban J connectivity index is 1.58. The topological polar surface area (TPSA) is 77.2 Å².